The zero-order valence-corrected chi connectivity index (χ0v) is 26.8. The molecule has 0 spiro atoms. The van der Waals surface area contributed by atoms with E-state index in [1.54, 1.807) is 0 Å². The number of rotatable bonds is 4. The zero-order valence-electron chi connectivity index (χ0n) is 26.8. The molecule has 9 aromatic rings. The number of furan rings is 1. The highest BCUT2D eigenvalue weighted by molar-refractivity contribution is 6.28. The Balaban J connectivity index is 1.35. The van der Waals surface area contributed by atoms with Crippen LogP contribution in [-0.4, -0.2) is 4.57 Å². The van der Waals surface area contributed by atoms with Crippen LogP contribution in [0.4, 0.5) is 17.1 Å². The van der Waals surface area contributed by atoms with Gasteiger partial charge in [-0.3, -0.25) is 0 Å². The third-order valence-electron chi connectivity index (χ3n) is 10.4. The SMILES string of the molecule is CC1(C)c2ccccc2-c2ccc(N(c3ccccc3)c3cc4c(c5ccccc5n4-c4ccccc4)c4oc5ccccc5c34)cc21. The number of para-hydroxylation sites is 4. The summed E-state index contributed by atoms with van der Waals surface area (Å²) in [7, 11) is 0. The van der Waals surface area contributed by atoms with Gasteiger partial charge in [0.15, 0.2) is 0 Å². The molecule has 10 rings (SSSR count). The van der Waals surface area contributed by atoms with Crippen molar-refractivity contribution >= 4 is 60.8 Å². The topological polar surface area (TPSA) is 21.3 Å². The van der Waals surface area contributed by atoms with Gasteiger partial charge in [-0.05, 0) is 76.9 Å². The Morgan fingerprint density at radius 2 is 1.19 bits per heavy atom. The molecule has 228 valence electrons. The Kier molecular flexibility index (Phi) is 5.63. The van der Waals surface area contributed by atoms with Gasteiger partial charge in [0, 0.05) is 33.2 Å². The number of aromatic nitrogens is 1. The molecule has 0 saturated heterocycles. The Hall–Kier alpha value is -6.06. The van der Waals surface area contributed by atoms with Crippen LogP contribution in [0.5, 0.6) is 0 Å². The van der Waals surface area contributed by atoms with Gasteiger partial charge in [0.1, 0.15) is 11.2 Å². The molecule has 2 aromatic heterocycles. The van der Waals surface area contributed by atoms with Crippen LogP contribution in [0, 0.1) is 0 Å². The quantitative estimate of drug-likeness (QED) is 0.196. The van der Waals surface area contributed by atoms with Crippen molar-refractivity contribution in [3.8, 4) is 16.8 Å². The van der Waals surface area contributed by atoms with Crippen molar-refractivity contribution in [1.29, 1.82) is 0 Å². The number of hydrogen-bond donors (Lipinski definition) is 0. The first-order valence-electron chi connectivity index (χ1n) is 16.6. The van der Waals surface area contributed by atoms with Crippen LogP contribution in [0.1, 0.15) is 25.0 Å². The molecule has 0 atom stereocenters. The van der Waals surface area contributed by atoms with Gasteiger partial charge in [0.25, 0.3) is 0 Å². The number of fused-ring (bicyclic) bond motifs is 10. The average molecular weight is 617 g/mol. The van der Waals surface area contributed by atoms with Crippen molar-refractivity contribution in [2.75, 3.05) is 4.90 Å². The van der Waals surface area contributed by atoms with Gasteiger partial charge in [-0.2, -0.15) is 0 Å². The second-order valence-corrected chi connectivity index (χ2v) is 13.4. The molecule has 0 radical (unpaired) electrons. The maximum Gasteiger partial charge on any atom is 0.147 e. The summed E-state index contributed by atoms with van der Waals surface area (Å²) in [5.41, 5.74) is 13.7. The van der Waals surface area contributed by atoms with E-state index < -0.39 is 0 Å². The largest absolute Gasteiger partial charge is 0.455 e. The van der Waals surface area contributed by atoms with Crippen molar-refractivity contribution in [3.63, 3.8) is 0 Å². The fourth-order valence-electron chi connectivity index (χ4n) is 8.18. The fourth-order valence-corrected chi connectivity index (χ4v) is 8.18. The number of benzene rings is 7. The molecule has 0 fully saturated rings. The van der Waals surface area contributed by atoms with Crippen LogP contribution >= 0.6 is 0 Å². The summed E-state index contributed by atoms with van der Waals surface area (Å²) in [4.78, 5) is 2.43. The molecule has 3 nitrogen and oxygen atoms in total. The molecule has 3 heteroatoms. The Morgan fingerprint density at radius 1 is 0.521 bits per heavy atom. The lowest BCUT2D eigenvalue weighted by Gasteiger charge is -2.29. The van der Waals surface area contributed by atoms with Crippen LogP contribution in [0.2, 0.25) is 0 Å². The highest BCUT2D eigenvalue weighted by Gasteiger charge is 2.36. The van der Waals surface area contributed by atoms with Crippen molar-refractivity contribution in [2.24, 2.45) is 0 Å². The highest BCUT2D eigenvalue weighted by atomic mass is 16.3. The van der Waals surface area contributed by atoms with Gasteiger partial charge >= 0.3 is 0 Å². The van der Waals surface area contributed by atoms with Crippen molar-refractivity contribution in [3.05, 3.63) is 169 Å². The van der Waals surface area contributed by atoms with Crippen molar-refractivity contribution in [2.45, 2.75) is 19.3 Å². The monoisotopic (exact) mass is 616 g/mol. The molecule has 1 aliphatic rings. The zero-order chi connectivity index (χ0) is 32.0. The predicted octanol–water partition coefficient (Wildman–Crippen LogP) is 12.5. The number of hydrogen-bond acceptors (Lipinski definition) is 2. The van der Waals surface area contributed by atoms with Gasteiger partial charge in [-0.1, -0.05) is 117 Å². The lowest BCUT2D eigenvalue weighted by atomic mass is 9.82. The van der Waals surface area contributed by atoms with E-state index in [4.69, 9.17) is 4.42 Å². The summed E-state index contributed by atoms with van der Waals surface area (Å²) in [6.07, 6.45) is 0. The van der Waals surface area contributed by atoms with E-state index in [2.05, 4.69) is 181 Å². The summed E-state index contributed by atoms with van der Waals surface area (Å²) in [5.74, 6) is 0. The first-order chi connectivity index (χ1) is 23.6. The van der Waals surface area contributed by atoms with Crippen LogP contribution in [0.15, 0.2) is 162 Å². The van der Waals surface area contributed by atoms with Gasteiger partial charge in [-0.25, -0.2) is 0 Å². The standard InChI is InChI=1S/C45H32N2O/c1-45(2)36-22-12-9-19-32(36)33-26-25-31(27-37(33)45)46(29-15-5-3-6-16-29)39-28-40-42(44-43(39)35-21-11-14-24-41(35)48-44)34-20-10-13-23-38(34)47(40)30-17-7-4-8-18-30/h3-28H,1-2H3. The first kappa shape index (κ1) is 27.1. The molecule has 48 heavy (non-hydrogen) atoms. The van der Waals surface area contributed by atoms with Gasteiger partial charge < -0.3 is 13.9 Å². The lowest BCUT2D eigenvalue weighted by Crippen LogP contribution is -2.16. The summed E-state index contributed by atoms with van der Waals surface area (Å²) in [6, 6.07) is 56.8. The molecule has 0 aliphatic heterocycles. The molecule has 0 N–H and O–H groups in total. The number of nitrogens with zero attached hydrogens (tertiary/aromatic N) is 2. The smallest absolute Gasteiger partial charge is 0.147 e. The Morgan fingerprint density at radius 3 is 2.02 bits per heavy atom. The minimum absolute atomic E-state index is 0.119. The molecule has 2 heterocycles. The molecule has 0 amide bonds. The Bertz CT molecular complexity index is 2700. The molecular weight excluding hydrogens is 585 g/mol. The highest BCUT2D eigenvalue weighted by Crippen LogP contribution is 2.52. The van der Waals surface area contributed by atoms with E-state index in [1.807, 2.05) is 0 Å². The molecular formula is C45H32N2O. The maximum absolute atomic E-state index is 6.89. The van der Waals surface area contributed by atoms with Crippen molar-refractivity contribution < 1.29 is 4.42 Å². The van der Waals surface area contributed by atoms with E-state index in [0.717, 1.165) is 61.1 Å². The minimum atomic E-state index is -0.119. The number of anilines is 3. The van der Waals surface area contributed by atoms with Crippen LogP contribution in [0.3, 0.4) is 0 Å². The molecule has 1 aliphatic carbocycles. The normalized spacial score (nSPS) is 13.4. The summed E-state index contributed by atoms with van der Waals surface area (Å²) >= 11 is 0. The summed E-state index contributed by atoms with van der Waals surface area (Å²) in [6.45, 7) is 4.70. The molecule has 0 bridgehead atoms. The van der Waals surface area contributed by atoms with E-state index in [1.165, 1.54) is 27.6 Å². The third kappa shape index (κ3) is 3.70. The van der Waals surface area contributed by atoms with Gasteiger partial charge in [-0.15, -0.1) is 0 Å². The van der Waals surface area contributed by atoms with Crippen molar-refractivity contribution in [1.82, 2.24) is 4.57 Å². The molecule has 7 aromatic carbocycles. The van der Waals surface area contributed by atoms with Gasteiger partial charge in [0.05, 0.1) is 27.5 Å². The second-order valence-electron chi connectivity index (χ2n) is 13.4. The van der Waals surface area contributed by atoms with Crippen LogP contribution in [-0.2, 0) is 5.41 Å². The second kappa shape index (κ2) is 9.97. The Labute approximate surface area is 278 Å². The van der Waals surface area contributed by atoms with Crippen LogP contribution in [0.25, 0.3) is 60.6 Å². The summed E-state index contributed by atoms with van der Waals surface area (Å²) < 4.78 is 9.28. The fraction of sp³-hybridized carbons (Fsp3) is 0.0667. The average Bonchev–Trinajstić information content (AvgIpc) is 3.75. The molecule has 0 saturated carbocycles. The lowest BCUT2D eigenvalue weighted by molar-refractivity contribution is 0.660. The van der Waals surface area contributed by atoms with Crippen LogP contribution < -0.4 is 4.90 Å². The van der Waals surface area contributed by atoms with E-state index in [9.17, 15) is 0 Å². The van der Waals surface area contributed by atoms with E-state index >= 15 is 0 Å². The van der Waals surface area contributed by atoms with Gasteiger partial charge in [0.2, 0.25) is 0 Å². The third-order valence-corrected chi connectivity index (χ3v) is 10.4. The first-order valence-corrected chi connectivity index (χ1v) is 16.6. The maximum atomic E-state index is 6.89. The van der Waals surface area contributed by atoms with E-state index in [0.29, 0.717) is 0 Å². The minimum Gasteiger partial charge on any atom is -0.455 e. The van der Waals surface area contributed by atoms with E-state index in [-0.39, 0.29) is 5.41 Å². The molecule has 0 unspecified atom stereocenters. The summed E-state index contributed by atoms with van der Waals surface area (Å²) in [5, 5.41) is 4.52. The predicted molar refractivity (Wildman–Crippen MR) is 200 cm³/mol.